The van der Waals surface area contributed by atoms with Gasteiger partial charge in [0.05, 0.1) is 12.3 Å². The molecule has 0 fully saturated rings. The molecule has 0 bridgehead atoms. The normalized spacial score (nSPS) is 8.60. The first-order valence-corrected chi connectivity index (χ1v) is 4.19. The first-order valence-electron chi connectivity index (χ1n) is 4.19. The lowest BCUT2D eigenvalue weighted by molar-refractivity contribution is 0.340. The number of ether oxygens (including phenoxy) is 1. The molecular formula is C8H8N6O. The molecule has 0 saturated carbocycles. The van der Waals surface area contributed by atoms with E-state index in [-0.39, 0.29) is 11.4 Å². The van der Waals surface area contributed by atoms with Gasteiger partial charge in [0.2, 0.25) is 0 Å². The van der Waals surface area contributed by atoms with Gasteiger partial charge in [0.15, 0.2) is 0 Å². The van der Waals surface area contributed by atoms with E-state index >= 15 is 0 Å². The second-order valence-electron chi connectivity index (χ2n) is 2.46. The summed E-state index contributed by atoms with van der Waals surface area (Å²) in [5, 5.41) is 6.79. The molecule has 0 N–H and O–H groups in total. The summed E-state index contributed by atoms with van der Waals surface area (Å²) in [5.74, 6) is 0.566. The molecule has 0 radical (unpaired) electrons. The van der Waals surface area contributed by atoms with Crippen LogP contribution in [0.4, 0.5) is 11.4 Å². The summed E-state index contributed by atoms with van der Waals surface area (Å²) >= 11 is 0. The average Bonchev–Trinajstić information content (AvgIpc) is 2.23. The molecule has 0 heterocycles. The Hall–Kier alpha value is -2.36. The van der Waals surface area contributed by atoms with Gasteiger partial charge in [-0.1, -0.05) is 10.2 Å². The van der Waals surface area contributed by atoms with Crippen molar-refractivity contribution in [3.8, 4) is 5.75 Å². The summed E-state index contributed by atoms with van der Waals surface area (Å²) in [4.78, 5) is 5.26. The number of hydrogen-bond acceptors (Lipinski definition) is 3. The predicted molar refractivity (Wildman–Crippen MR) is 55.2 cm³/mol. The molecule has 0 amide bonds. The molecule has 76 valence electrons. The zero-order chi connectivity index (χ0) is 11.1. The Morgan fingerprint density at radius 2 is 1.87 bits per heavy atom. The van der Waals surface area contributed by atoms with Crippen molar-refractivity contribution in [2.24, 2.45) is 10.2 Å². The number of benzene rings is 1. The van der Waals surface area contributed by atoms with E-state index in [1.54, 1.807) is 6.07 Å². The van der Waals surface area contributed by atoms with E-state index in [9.17, 15) is 0 Å². The quantitative estimate of drug-likeness (QED) is 0.412. The van der Waals surface area contributed by atoms with Crippen molar-refractivity contribution in [1.29, 1.82) is 0 Å². The van der Waals surface area contributed by atoms with Gasteiger partial charge < -0.3 is 4.74 Å². The van der Waals surface area contributed by atoms with Gasteiger partial charge in [0.25, 0.3) is 0 Å². The van der Waals surface area contributed by atoms with Crippen LogP contribution in [0.3, 0.4) is 0 Å². The van der Waals surface area contributed by atoms with Crippen LogP contribution in [0.15, 0.2) is 28.4 Å². The summed E-state index contributed by atoms with van der Waals surface area (Å²) in [6.07, 6.45) is 0. The fraction of sp³-hybridized carbons (Fsp3) is 0.250. The third kappa shape index (κ3) is 2.80. The van der Waals surface area contributed by atoms with E-state index in [1.165, 1.54) is 12.1 Å². The molecule has 0 aliphatic rings. The number of hydrogen-bond donors (Lipinski definition) is 0. The zero-order valence-electron chi connectivity index (χ0n) is 8.03. The fourth-order valence-corrected chi connectivity index (χ4v) is 1.02. The highest BCUT2D eigenvalue weighted by Crippen LogP contribution is 2.32. The van der Waals surface area contributed by atoms with Crippen LogP contribution in [-0.2, 0) is 0 Å². The van der Waals surface area contributed by atoms with Crippen LogP contribution >= 0.6 is 0 Å². The monoisotopic (exact) mass is 204 g/mol. The molecule has 0 saturated heterocycles. The lowest BCUT2D eigenvalue weighted by Gasteiger charge is -2.04. The molecule has 0 unspecified atom stereocenters. The summed E-state index contributed by atoms with van der Waals surface area (Å²) in [6.45, 7) is 2.35. The average molecular weight is 204 g/mol. The van der Waals surface area contributed by atoms with E-state index in [1.807, 2.05) is 6.92 Å². The van der Waals surface area contributed by atoms with E-state index < -0.39 is 0 Å². The van der Waals surface area contributed by atoms with Crippen molar-refractivity contribution in [3.63, 3.8) is 0 Å². The van der Waals surface area contributed by atoms with Crippen LogP contribution in [0, 0.1) is 0 Å². The van der Waals surface area contributed by atoms with Gasteiger partial charge in [-0.2, -0.15) is 0 Å². The van der Waals surface area contributed by atoms with Crippen molar-refractivity contribution in [2.45, 2.75) is 6.92 Å². The fourth-order valence-electron chi connectivity index (χ4n) is 1.02. The largest absolute Gasteiger partial charge is 0.494 e. The van der Waals surface area contributed by atoms with E-state index in [0.717, 1.165) is 0 Å². The van der Waals surface area contributed by atoms with Gasteiger partial charge in [0, 0.05) is 15.5 Å². The van der Waals surface area contributed by atoms with E-state index in [0.29, 0.717) is 12.4 Å². The molecule has 7 heteroatoms. The molecule has 15 heavy (non-hydrogen) atoms. The van der Waals surface area contributed by atoms with Gasteiger partial charge in [-0.05, 0) is 36.2 Å². The summed E-state index contributed by atoms with van der Waals surface area (Å²) in [7, 11) is 0. The van der Waals surface area contributed by atoms with Gasteiger partial charge in [-0.3, -0.25) is 0 Å². The van der Waals surface area contributed by atoms with Gasteiger partial charge in [0.1, 0.15) is 5.75 Å². The third-order valence-corrected chi connectivity index (χ3v) is 1.56. The standard InChI is InChI=1S/C8H8N6O/c1-2-15-6-3-4-7(11-13-9)8(5-6)12-14-10/h3-5H,2H2,1H3. The Bertz CT molecular complexity index is 444. The van der Waals surface area contributed by atoms with Crippen LogP contribution in [0.1, 0.15) is 6.92 Å². The molecular weight excluding hydrogens is 196 g/mol. The maximum atomic E-state index is 8.32. The minimum Gasteiger partial charge on any atom is -0.494 e. The Kier molecular flexibility index (Phi) is 3.85. The number of nitrogens with zero attached hydrogens (tertiary/aromatic N) is 6. The highest BCUT2D eigenvalue weighted by molar-refractivity contribution is 5.63. The summed E-state index contributed by atoms with van der Waals surface area (Å²) in [5.41, 5.74) is 17.1. The summed E-state index contributed by atoms with van der Waals surface area (Å²) < 4.78 is 5.21. The van der Waals surface area contributed by atoms with Gasteiger partial charge in [-0.25, -0.2) is 0 Å². The first kappa shape index (κ1) is 10.7. The Morgan fingerprint density at radius 3 is 2.47 bits per heavy atom. The van der Waals surface area contributed by atoms with E-state index in [4.69, 9.17) is 15.8 Å². The molecule has 0 spiro atoms. The first-order chi connectivity index (χ1) is 7.31. The Morgan fingerprint density at radius 1 is 1.20 bits per heavy atom. The maximum absolute atomic E-state index is 8.32. The predicted octanol–water partition coefficient (Wildman–Crippen LogP) is 3.97. The molecule has 1 aromatic carbocycles. The van der Waals surface area contributed by atoms with Crippen LogP contribution in [0.5, 0.6) is 5.75 Å². The van der Waals surface area contributed by atoms with Gasteiger partial charge in [-0.15, -0.1) is 0 Å². The third-order valence-electron chi connectivity index (χ3n) is 1.56. The highest BCUT2D eigenvalue weighted by atomic mass is 16.5. The van der Waals surface area contributed by atoms with Crippen molar-refractivity contribution in [3.05, 3.63) is 39.1 Å². The molecule has 0 aromatic heterocycles. The lowest BCUT2D eigenvalue weighted by Crippen LogP contribution is -1.90. The Balaban J connectivity index is 3.19. The lowest BCUT2D eigenvalue weighted by atomic mass is 10.2. The van der Waals surface area contributed by atoms with Crippen LogP contribution in [-0.4, -0.2) is 6.61 Å². The molecule has 0 aliphatic heterocycles. The number of rotatable bonds is 4. The topological polar surface area (TPSA) is 107 Å². The molecule has 0 aliphatic carbocycles. The maximum Gasteiger partial charge on any atom is 0.119 e. The zero-order valence-corrected chi connectivity index (χ0v) is 8.03. The van der Waals surface area contributed by atoms with Crippen molar-refractivity contribution < 1.29 is 4.74 Å². The number of azide groups is 2. The second-order valence-corrected chi connectivity index (χ2v) is 2.46. The highest BCUT2D eigenvalue weighted by Gasteiger charge is 2.00. The van der Waals surface area contributed by atoms with Crippen LogP contribution in [0.2, 0.25) is 0 Å². The van der Waals surface area contributed by atoms with E-state index in [2.05, 4.69) is 20.1 Å². The molecule has 1 aromatic rings. The van der Waals surface area contributed by atoms with Crippen molar-refractivity contribution >= 4 is 11.4 Å². The Labute approximate surface area is 85.5 Å². The van der Waals surface area contributed by atoms with Crippen molar-refractivity contribution in [2.75, 3.05) is 6.61 Å². The molecule has 1 rings (SSSR count). The van der Waals surface area contributed by atoms with Crippen LogP contribution < -0.4 is 4.74 Å². The molecule has 0 atom stereocenters. The smallest absolute Gasteiger partial charge is 0.119 e. The SMILES string of the molecule is CCOc1ccc(N=[N+]=[N-])c(N=[N+]=[N-])c1. The second kappa shape index (κ2) is 5.39. The minimum atomic E-state index is 0.251. The minimum absolute atomic E-state index is 0.251. The van der Waals surface area contributed by atoms with Crippen LogP contribution in [0.25, 0.3) is 20.9 Å². The van der Waals surface area contributed by atoms with Gasteiger partial charge >= 0.3 is 0 Å². The summed E-state index contributed by atoms with van der Waals surface area (Å²) in [6, 6.07) is 4.70. The van der Waals surface area contributed by atoms with Crippen molar-refractivity contribution in [1.82, 2.24) is 0 Å². The molecule has 7 nitrogen and oxygen atoms in total.